The molecular formula is C17H21F3N2O3. The summed E-state index contributed by atoms with van der Waals surface area (Å²) in [6, 6.07) is 5.46. The Balaban J connectivity index is 2.19. The lowest BCUT2D eigenvalue weighted by Crippen LogP contribution is -2.57. The smallest absolute Gasteiger partial charge is 0.438 e. The summed E-state index contributed by atoms with van der Waals surface area (Å²) >= 11 is 0. The highest BCUT2D eigenvalue weighted by atomic mass is 19.4. The molecule has 5 nitrogen and oxygen atoms in total. The van der Waals surface area contributed by atoms with Crippen LogP contribution in [0.25, 0.3) is 0 Å². The molecule has 0 saturated heterocycles. The fourth-order valence-corrected chi connectivity index (χ4v) is 2.65. The number of amides is 1. The molecule has 1 amide bonds. The zero-order valence-corrected chi connectivity index (χ0v) is 14.5. The summed E-state index contributed by atoms with van der Waals surface area (Å²) in [6.07, 6.45) is -5.79. The second kappa shape index (κ2) is 6.67. The van der Waals surface area contributed by atoms with Crippen LogP contribution in [0, 0.1) is 6.92 Å². The largest absolute Gasteiger partial charge is 0.483 e. The molecule has 2 rings (SSSR count). The van der Waals surface area contributed by atoms with E-state index in [0.29, 0.717) is 5.75 Å². The van der Waals surface area contributed by atoms with Gasteiger partial charge < -0.3 is 9.84 Å². The number of aryl methyl sites for hydroxylation is 1. The van der Waals surface area contributed by atoms with Crippen LogP contribution in [-0.2, 0) is 4.79 Å². The molecule has 0 saturated carbocycles. The van der Waals surface area contributed by atoms with Gasteiger partial charge >= 0.3 is 6.18 Å². The third-order valence-corrected chi connectivity index (χ3v) is 3.96. The lowest BCUT2D eigenvalue weighted by atomic mass is 10.0. The number of alkyl halides is 3. The normalized spacial score (nSPS) is 20.8. The number of halogens is 3. The van der Waals surface area contributed by atoms with E-state index >= 15 is 0 Å². The number of ether oxygens (including phenoxy) is 1. The third-order valence-electron chi connectivity index (χ3n) is 3.96. The Morgan fingerprint density at radius 1 is 1.40 bits per heavy atom. The molecule has 0 aromatic heterocycles. The minimum Gasteiger partial charge on any atom is -0.483 e. The van der Waals surface area contributed by atoms with Crippen LogP contribution in [0.5, 0.6) is 5.75 Å². The Morgan fingerprint density at radius 3 is 2.60 bits per heavy atom. The first-order valence-electron chi connectivity index (χ1n) is 7.85. The zero-order valence-electron chi connectivity index (χ0n) is 14.5. The van der Waals surface area contributed by atoms with Crippen LogP contribution < -0.4 is 4.74 Å². The van der Waals surface area contributed by atoms with E-state index in [1.807, 2.05) is 32.9 Å². The standard InChI is InChI=1S/C17H21F3N2O3/c1-10(2)13-6-5-11(3)7-14(13)25-9-15(23)22-16(24,17(18,19)20)8-12(4)21-22/h5-7,10,24H,8-9H2,1-4H3. The summed E-state index contributed by atoms with van der Waals surface area (Å²) < 4.78 is 44.9. The number of carbonyl (C=O) groups is 1. The molecule has 138 valence electrons. The van der Waals surface area contributed by atoms with E-state index in [0.717, 1.165) is 11.1 Å². The van der Waals surface area contributed by atoms with E-state index < -0.39 is 30.8 Å². The van der Waals surface area contributed by atoms with Crippen LogP contribution in [0.3, 0.4) is 0 Å². The maximum absolute atomic E-state index is 13.2. The molecule has 1 N–H and O–H groups in total. The minimum absolute atomic E-state index is 0.0200. The van der Waals surface area contributed by atoms with Crippen molar-refractivity contribution in [2.45, 2.75) is 51.9 Å². The average Bonchev–Trinajstić information content (AvgIpc) is 2.80. The second-order valence-corrected chi connectivity index (χ2v) is 6.52. The molecule has 0 spiro atoms. The highest BCUT2D eigenvalue weighted by molar-refractivity contribution is 5.89. The van der Waals surface area contributed by atoms with Gasteiger partial charge in [-0.15, -0.1) is 0 Å². The highest BCUT2D eigenvalue weighted by Gasteiger charge is 2.62. The first-order valence-corrected chi connectivity index (χ1v) is 7.85. The predicted octanol–water partition coefficient (Wildman–Crippen LogP) is 3.36. The summed E-state index contributed by atoms with van der Waals surface area (Å²) in [6.45, 7) is 6.39. The van der Waals surface area contributed by atoms with E-state index in [9.17, 15) is 23.1 Å². The van der Waals surface area contributed by atoms with Crippen molar-refractivity contribution in [1.82, 2.24) is 5.01 Å². The molecule has 0 fully saturated rings. The Bertz CT molecular complexity index is 701. The first-order chi connectivity index (χ1) is 11.5. The van der Waals surface area contributed by atoms with Crippen LogP contribution in [0.2, 0.25) is 0 Å². The minimum atomic E-state index is -5.02. The molecule has 1 aliphatic heterocycles. The zero-order chi connectivity index (χ0) is 19.0. The number of carbonyl (C=O) groups excluding carboxylic acids is 1. The summed E-state index contributed by atoms with van der Waals surface area (Å²) in [5.41, 5.74) is -1.57. The Hall–Kier alpha value is -2.09. The molecule has 0 aliphatic carbocycles. The van der Waals surface area contributed by atoms with Crippen molar-refractivity contribution in [2.75, 3.05) is 6.61 Å². The molecule has 1 heterocycles. The van der Waals surface area contributed by atoms with Crippen molar-refractivity contribution in [3.8, 4) is 5.75 Å². The number of hydrogen-bond donors (Lipinski definition) is 1. The first kappa shape index (κ1) is 19.2. The van der Waals surface area contributed by atoms with Gasteiger partial charge in [0.15, 0.2) is 6.61 Å². The maximum Gasteiger partial charge on any atom is 0.438 e. The monoisotopic (exact) mass is 358 g/mol. The molecule has 25 heavy (non-hydrogen) atoms. The lowest BCUT2D eigenvalue weighted by Gasteiger charge is -2.32. The number of hydrazone groups is 1. The van der Waals surface area contributed by atoms with Crippen LogP contribution in [0.4, 0.5) is 13.2 Å². The van der Waals surface area contributed by atoms with Crippen molar-refractivity contribution in [2.24, 2.45) is 5.10 Å². The fourth-order valence-electron chi connectivity index (χ4n) is 2.65. The Labute approximate surface area is 144 Å². The van der Waals surface area contributed by atoms with Gasteiger partial charge in [0.05, 0.1) is 0 Å². The van der Waals surface area contributed by atoms with E-state index in [2.05, 4.69) is 5.10 Å². The van der Waals surface area contributed by atoms with Gasteiger partial charge in [-0.3, -0.25) is 4.79 Å². The summed E-state index contributed by atoms with van der Waals surface area (Å²) in [7, 11) is 0. The molecule has 1 atom stereocenters. The van der Waals surface area contributed by atoms with Crippen LogP contribution in [0.1, 0.15) is 44.2 Å². The van der Waals surface area contributed by atoms with Crippen molar-refractivity contribution in [3.63, 3.8) is 0 Å². The second-order valence-electron chi connectivity index (χ2n) is 6.52. The van der Waals surface area contributed by atoms with E-state index in [-0.39, 0.29) is 16.6 Å². The van der Waals surface area contributed by atoms with Crippen molar-refractivity contribution >= 4 is 11.6 Å². The molecule has 0 bridgehead atoms. The van der Waals surface area contributed by atoms with Gasteiger partial charge in [0.1, 0.15) is 5.75 Å². The summed E-state index contributed by atoms with van der Waals surface area (Å²) in [5.74, 6) is -0.517. The van der Waals surface area contributed by atoms with Gasteiger partial charge in [-0.25, -0.2) is 0 Å². The summed E-state index contributed by atoms with van der Waals surface area (Å²) in [5, 5.41) is 13.5. The van der Waals surface area contributed by atoms with Crippen molar-refractivity contribution in [3.05, 3.63) is 29.3 Å². The Kier molecular flexibility index (Phi) is 5.13. The van der Waals surface area contributed by atoms with Gasteiger partial charge in [-0.1, -0.05) is 26.0 Å². The number of nitrogens with zero attached hydrogens (tertiary/aromatic N) is 2. The van der Waals surface area contributed by atoms with Crippen LogP contribution in [-0.4, -0.2) is 40.2 Å². The van der Waals surface area contributed by atoms with Gasteiger partial charge in [-0.05, 0) is 37.0 Å². The Morgan fingerprint density at radius 2 is 2.04 bits per heavy atom. The predicted molar refractivity (Wildman–Crippen MR) is 86.3 cm³/mol. The molecule has 1 aliphatic rings. The topological polar surface area (TPSA) is 62.1 Å². The quantitative estimate of drug-likeness (QED) is 0.898. The molecule has 1 aromatic rings. The fraction of sp³-hybridized carbons (Fsp3) is 0.529. The molecule has 0 radical (unpaired) electrons. The maximum atomic E-state index is 13.2. The van der Waals surface area contributed by atoms with Crippen molar-refractivity contribution < 1.29 is 27.8 Å². The van der Waals surface area contributed by atoms with Gasteiger partial charge in [0.25, 0.3) is 11.6 Å². The summed E-state index contributed by atoms with van der Waals surface area (Å²) in [4.78, 5) is 12.2. The molecular weight excluding hydrogens is 337 g/mol. The van der Waals surface area contributed by atoms with E-state index in [1.165, 1.54) is 6.92 Å². The number of rotatable bonds is 4. The van der Waals surface area contributed by atoms with Crippen LogP contribution in [0.15, 0.2) is 23.3 Å². The van der Waals surface area contributed by atoms with Crippen molar-refractivity contribution in [1.29, 1.82) is 0 Å². The van der Waals surface area contributed by atoms with Crippen LogP contribution >= 0.6 is 0 Å². The van der Waals surface area contributed by atoms with Gasteiger partial charge in [0.2, 0.25) is 0 Å². The molecule has 1 aromatic carbocycles. The lowest BCUT2D eigenvalue weighted by molar-refractivity contribution is -0.302. The number of hydrogen-bond acceptors (Lipinski definition) is 4. The van der Waals surface area contributed by atoms with E-state index in [1.54, 1.807) is 6.07 Å². The number of aliphatic hydroxyl groups is 1. The van der Waals surface area contributed by atoms with E-state index in [4.69, 9.17) is 4.74 Å². The third kappa shape index (κ3) is 3.78. The van der Waals surface area contributed by atoms with Gasteiger partial charge in [0, 0.05) is 12.1 Å². The van der Waals surface area contributed by atoms with Gasteiger partial charge in [-0.2, -0.15) is 23.3 Å². The molecule has 8 heteroatoms. The average molecular weight is 358 g/mol. The molecule has 1 unspecified atom stereocenters. The SMILES string of the molecule is CC1=NN(C(=O)COc2cc(C)ccc2C(C)C)C(O)(C(F)(F)F)C1. The number of benzene rings is 1. The highest BCUT2D eigenvalue weighted by Crippen LogP contribution is 2.40.